The van der Waals surface area contributed by atoms with E-state index in [1.165, 1.54) is 36.1 Å². The van der Waals surface area contributed by atoms with Gasteiger partial charge < -0.3 is 24.7 Å². The van der Waals surface area contributed by atoms with Crippen LogP contribution in [0.2, 0.25) is 0 Å². The van der Waals surface area contributed by atoms with E-state index in [-0.39, 0.29) is 45.7 Å². The molecule has 0 fully saturated rings. The Balaban J connectivity index is 1.65. The molecule has 3 N–H and O–H groups in total. The maximum absolute atomic E-state index is 11.7. The number of benzene rings is 2. The molecule has 0 bridgehead atoms. The Morgan fingerprint density at radius 3 is 2.74 bits per heavy atom. The first-order valence-electron chi connectivity index (χ1n) is 11.2. The van der Waals surface area contributed by atoms with Crippen molar-refractivity contribution < 1.29 is 28.7 Å². The Morgan fingerprint density at radius 1 is 1.26 bits per heavy atom. The van der Waals surface area contributed by atoms with E-state index in [1.807, 2.05) is 0 Å². The maximum atomic E-state index is 11.7. The van der Waals surface area contributed by atoms with Gasteiger partial charge in [0.1, 0.15) is 28.9 Å². The highest BCUT2D eigenvalue weighted by atomic mass is 16.6. The van der Waals surface area contributed by atoms with Gasteiger partial charge in [0.25, 0.3) is 5.69 Å². The van der Waals surface area contributed by atoms with Crippen LogP contribution >= 0.6 is 0 Å². The average molecular weight is 513 g/mol. The molecule has 0 amide bonds. The van der Waals surface area contributed by atoms with Gasteiger partial charge in [-0.3, -0.25) is 10.1 Å². The summed E-state index contributed by atoms with van der Waals surface area (Å²) in [5.41, 5.74) is 7.66. The van der Waals surface area contributed by atoms with Gasteiger partial charge in [-0.2, -0.15) is 10.4 Å². The van der Waals surface area contributed by atoms with Crippen LogP contribution in [-0.4, -0.2) is 32.9 Å². The summed E-state index contributed by atoms with van der Waals surface area (Å²) in [6.45, 7) is 1.71. The topological polar surface area (TPSA) is 180 Å². The number of nitro benzene ring substituents is 1. The molecule has 1 aliphatic heterocycles. The van der Waals surface area contributed by atoms with Crippen molar-refractivity contribution in [1.82, 2.24) is 9.78 Å². The van der Waals surface area contributed by atoms with E-state index < -0.39 is 16.8 Å². The van der Waals surface area contributed by atoms with Crippen molar-refractivity contribution in [1.29, 1.82) is 5.26 Å². The summed E-state index contributed by atoms with van der Waals surface area (Å²) >= 11 is 0. The van der Waals surface area contributed by atoms with Gasteiger partial charge in [0.2, 0.25) is 11.8 Å². The van der Waals surface area contributed by atoms with Crippen LogP contribution in [0, 0.1) is 28.4 Å². The van der Waals surface area contributed by atoms with Crippen LogP contribution in [0.5, 0.6) is 11.6 Å². The average Bonchev–Trinajstić information content (AvgIpc) is 3.52. The molecule has 0 spiro atoms. The van der Waals surface area contributed by atoms with Crippen molar-refractivity contribution in [2.75, 3.05) is 7.11 Å². The molecule has 3 heterocycles. The monoisotopic (exact) mass is 513 g/mol. The number of allylic oxidation sites excluding steroid dienone is 1. The summed E-state index contributed by atoms with van der Waals surface area (Å²) in [5, 5.41) is 35.5. The summed E-state index contributed by atoms with van der Waals surface area (Å²) in [5.74, 6) is -1.10. The van der Waals surface area contributed by atoms with Crippen LogP contribution in [-0.2, 0) is 0 Å². The molecule has 190 valence electrons. The number of hydrogen-bond donors (Lipinski definition) is 2. The van der Waals surface area contributed by atoms with Crippen LogP contribution in [0.3, 0.4) is 0 Å². The number of nitro groups is 1. The number of nitrogens with zero attached hydrogens (tertiary/aromatic N) is 4. The number of ether oxygens (including phenoxy) is 2. The van der Waals surface area contributed by atoms with Gasteiger partial charge in [-0.25, -0.2) is 9.48 Å². The third kappa shape index (κ3) is 3.88. The minimum absolute atomic E-state index is 0.0507. The number of carboxylic acid groups (broad SMARTS) is 1. The number of furan rings is 1. The van der Waals surface area contributed by atoms with Crippen LogP contribution in [0.25, 0.3) is 17.0 Å². The first-order chi connectivity index (χ1) is 18.2. The Kier molecular flexibility index (Phi) is 5.81. The number of hydrogen-bond acceptors (Lipinski definition) is 9. The summed E-state index contributed by atoms with van der Waals surface area (Å²) in [4.78, 5) is 22.6. The molecule has 0 saturated heterocycles. The van der Waals surface area contributed by atoms with Crippen molar-refractivity contribution >= 4 is 11.7 Å². The lowest BCUT2D eigenvalue weighted by Crippen LogP contribution is -2.21. The van der Waals surface area contributed by atoms with Gasteiger partial charge in [0.05, 0.1) is 52.1 Å². The molecule has 4 aromatic rings. The van der Waals surface area contributed by atoms with Gasteiger partial charge in [-0.05, 0) is 49.4 Å². The van der Waals surface area contributed by atoms with E-state index in [9.17, 15) is 25.3 Å². The molecule has 38 heavy (non-hydrogen) atoms. The van der Waals surface area contributed by atoms with Crippen molar-refractivity contribution in [2.24, 2.45) is 5.73 Å². The van der Waals surface area contributed by atoms with Crippen LogP contribution < -0.4 is 15.2 Å². The molecular formula is C26H19N5O7. The Labute approximate surface area is 214 Å². The maximum Gasteiger partial charge on any atom is 0.335 e. The second kappa shape index (κ2) is 9.14. The van der Waals surface area contributed by atoms with E-state index in [0.29, 0.717) is 22.7 Å². The number of aryl methyl sites for hydroxylation is 1. The number of rotatable bonds is 6. The molecule has 0 aliphatic carbocycles. The fourth-order valence-electron chi connectivity index (χ4n) is 4.39. The largest absolute Gasteiger partial charge is 0.497 e. The molecule has 1 atom stereocenters. The first-order valence-corrected chi connectivity index (χ1v) is 11.2. The summed E-state index contributed by atoms with van der Waals surface area (Å²) < 4.78 is 18.4. The van der Waals surface area contributed by atoms with Crippen LogP contribution in [0.15, 0.2) is 70.5 Å². The lowest BCUT2D eigenvalue weighted by atomic mass is 9.88. The van der Waals surface area contributed by atoms with Gasteiger partial charge in [-0.1, -0.05) is 6.07 Å². The molecule has 0 radical (unpaired) electrons. The lowest BCUT2D eigenvalue weighted by molar-refractivity contribution is -0.384. The fraction of sp³-hybridized carbons (Fsp3) is 0.115. The third-order valence-corrected chi connectivity index (χ3v) is 6.15. The highest BCUT2D eigenvalue weighted by molar-refractivity contribution is 5.88. The van der Waals surface area contributed by atoms with Crippen molar-refractivity contribution in [2.45, 2.75) is 12.8 Å². The number of aromatic carboxylic acids is 1. The lowest BCUT2D eigenvalue weighted by Gasteiger charge is -2.23. The minimum atomic E-state index is -1.11. The van der Waals surface area contributed by atoms with Crippen molar-refractivity contribution in [3.05, 3.63) is 98.7 Å². The fourth-order valence-corrected chi connectivity index (χ4v) is 4.39. The van der Waals surface area contributed by atoms with Crippen molar-refractivity contribution in [3.8, 4) is 34.7 Å². The van der Waals surface area contributed by atoms with E-state index in [2.05, 4.69) is 11.2 Å². The second-order valence-electron chi connectivity index (χ2n) is 8.34. The molecule has 2 aromatic carbocycles. The predicted octanol–water partition coefficient (Wildman–Crippen LogP) is 4.27. The van der Waals surface area contributed by atoms with Crippen LogP contribution in [0.4, 0.5) is 5.69 Å². The summed E-state index contributed by atoms with van der Waals surface area (Å²) in [6.07, 6.45) is 0. The van der Waals surface area contributed by atoms with Gasteiger partial charge >= 0.3 is 5.97 Å². The zero-order valence-electron chi connectivity index (χ0n) is 20.0. The smallest absolute Gasteiger partial charge is 0.335 e. The summed E-state index contributed by atoms with van der Waals surface area (Å²) in [6, 6.07) is 15.7. The zero-order chi connectivity index (χ0) is 27.1. The Bertz CT molecular complexity index is 1690. The Morgan fingerprint density at radius 2 is 2.05 bits per heavy atom. The SMILES string of the molecule is COc1ccc(-c2ccc(C3C(C#N)=C(N)Oc4c3c(C)nn4-c3cccc(C(=O)O)c3)o2)c([N+](=O)[O-])c1. The number of carbonyl (C=O) groups is 1. The van der Waals surface area contributed by atoms with E-state index in [4.69, 9.17) is 19.6 Å². The molecule has 2 aromatic heterocycles. The normalized spacial score (nSPS) is 14.4. The highest BCUT2D eigenvalue weighted by Gasteiger charge is 2.38. The number of aromatic nitrogens is 2. The summed E-state index contributed by atoms with van der Waals surface area (Å²) in [7, 11) is 1.41. The standard InChI is InChI=1S/C26H19N5O7/c1-13-22-23(21-9-8-20(37-21)17-7-6-16(36-2)11-19(17)31(34)35)18(12-27)24(28)38-25(22)30(29-13)15-5-3-4-14(10-15)26(32)33/h3-11,23H,28H2,1-2H3,(H,32,33). The van der Waals surface area contributed by atoms with E-state index >= 15 is 0 Å². The number of fused-ring (bicyclic) bond motifs is 1. The Hall–Kier alpha value is -5.57. The number of carboxylic acids is 1. The van der Waals surface area contributed by atoms with Gasteiger partial charge in [0, 0.05) is 0 Å². The van der Waals surface area contributed by atoms with Crippen LogP contribution in [0.1, 0.15) is 33.3 Å². The van der Waals surface area contributed by atoms with E-state index in [0.717, 1.165) is 0 Å². The second-order valence-corrected chi connectivity index (χ2v) is 8.34. The zero-order valence-corrected chi connectivity index (χ0v) is 20.0. The first kappa shape index (κ1) is 24.1. The third-order valence-electron chi connectivity index (χ3n) is 6.15. The van der Waals surface area contributed by atoms with Crippen molar-refractivity contribution in [3.63, 3.8) is 0 Å². The highest BCUT2D eigenvalue weighted by Crippen LogP contribution is 2.46. The molecule has 1 unspecified atom stereocenters. The molecule has 0 saturated carbocycles. The molecular weight excluding hydrogens is 494 g/mol. The minimum Gasteiger partial charge on any atom is -0.497 e. The number of methoxy groups -OCH3 is 1. The molecule has 12 nitrogen and oxygen atoms in total. The van der Waals surface area contributed by atoms with E-state index in [1.54, 1.807) is 37.3 Å². The quantitative estimate of drug-likeness (QED) is 0.279. The number of nitriles is 1. The molecule has 1 aliphatic rings. The number of nitrogens with two attached hydrogens (primary N) is 1. The van der Waals surface area contributed by atoms with Gasteiger partial charge in [0.15, 0.2) is 0 Å². The van der Waals surface area contributed by atoms with Gasteiger partial charge in [-0.15, -0.1) is 0 Å². The molecule has 5 rings (SSSR count). The molecule has 12 heteroatoms. The predicted molar refractivity (Wildman–Crippen MR) is 132 cm³/mol.